The summed E-state index contributed by atoms with van der Waals surface area (Å²) in [4.78, 5) is 22.8. The summed E-state index contributed by atoms with van der Waals surface area (Å²) in [5, 5.41) is 13.6. The molecule has 144 valence electrons. The van der Waals surface area contributed by atoms with Gasteiger partial charge in [-0.3, -0.25) is 14.9 Å². The van der Waals surface area contributed by atoms with Crippen molar-refractivity contribution >= 4 is 46.0 Å². The molecule has 7 nitrogen and oxygen atoms in total. The van der Waals surface area contributed by atoms with Crippen LogP contribution >= 0.6 is 24.0 Å². The molecule has 1 N–H and O–H groups in total. The zero-order chi connectivity index (χ0) is 20.1. The summed E-state index contributed by atoms with van der Waals surface area (Å²) in [6, 6.07) is 11.9. The Hall–Kier alpha value is -2.91. The molecule has 1 heterocycles. The van der Waals surface area contributed by atoms with Crippen molar-refractivity contribution in [1.82, 2.24) is 5.32 Å². The maximum absolute atomic E-state index is 11.9. The number of nitrogens with zero attached hydrogens (tertiary/aromatic N) is 1. The van der Waals surface area contributed by atoms with Crippen LogP contribution in [0.2, 0.25) is 0 Å². The number of thioether (sulfide) groups is 1. The van der Waals surface area contributed by atoms with Gasteiger partial charge in [-0.15, -0.1) is 0 Å². The summed E-state index contributed by atoms with van der Waals surface area (Å²) in [5.74, 6) is 0.805. The summed E-state index contributed by atoms with van der Waals surface area (Å²) in [5.41, 5.74) is 1.47. The Kier molecular flexibility index (Phi) is 6.27. The van der Waals surface area contributed by atoms with Crippen molar-refractivity contribution in [3.63, 3.8) is 0 Å². The maximum Gasteiger partial charge on any atom is 0.270 e. The molecule has 0 aliphatic carbocycles. The number of thiocarbonyl (C=S) groups is 1. The fraction of sp³-hybridized carbons (Fsp3) is 0.158. The normalized spacial score (nSPS) is 14.8. The van der Waals surface area contributed by atoms with E-state index < -0.39 is 4.92 Å². The minimum atomic E-state index is -0.501. The highest BCUT2D eigenvalue weighted by Gasteiger charge is 2.23. The van der Waals surface area contributed by atoms with E-state index in [0.29, 0.717) is 27.1 Å². The lowest BCUT2D eigenvalue weighted by molar-refractivity contribution is -0.384. The van der Waals surface area contributed by atoms with E-state index in [-0.39, 0.29) is 18.2 Å². The lowest BCUT2D eigenvalue weighted by Gasteiger charge is -2.11. The Labute approximate surface area is 170 Å². The monoisotopic (exact) mass is 416 g/mol. The van der Waals surface area contributed by atoms with Crippen LogP contribution in [0.4, 0.5) is 5.69 Å². The van der Waals surface area contributed by atoms with Crippen molar-refractivity contribution in [2.75, 3.05) is 13.2 Å². The SMILES string of the molecule is Cc1ccc(OCCOc2ccc([N+](=O)[O-])cc2C=C2SC(=S)NC2=O)cc1. The van der Waals surface area contributed by atoms with E-state index in [0.717, 1.165) is 23.1 Å². The highest BCUT2D eigenvalue weighted by atomic mass is 32.2. The van der Waals surface area contributed by atoms with Crippen LogP contribution in [-0.4, -0.2) is 28.4 Å². The molecule has 1 saturated heterocycles. The standard InChI is InChI=1S/C19H16N2O5S2/c1-12-2-5-15(6-3-12)25-8-9-26-16-7-4-14(21(23)24)10-13(16)11-17-18(22)20-19(27)28-17/h2-7,10-11H,8-9H2,1H3,(H,20,22,27). The van der Waals surface area contributed by atoms with E-state index in [1.54, 1.807) is 0 Å². The molecule has 2 aromatic carbocycles. The van der Waals surface area contributed by atoms with Crippen LogP contribution in [0.5, 0.6) is 11.5 Å². The number of carbonyl (C=O) groups is 1. The van der Waals surface area contributed by atoms with E-state index in [2.05, 4.69) is 5.32 Å². The van der Waals surface area contributed by atoms with Gasteiger partial charge in [0.2, 0.25) is 0 Å². The fourth-order valence-corrected chi connectivity index (χ4v) is 3.44. The highest BCUT2D eigenvalue weighted by molar-refractivity contribution is 8.26. The van der Waals surface area contributed by atoms with Gasteiger partial charge in [0.1, 0.15) is 29.0 Å². The number of carbonyl (C=O) groups excluding carboxylic acids is 1. The molecule has 9 heteroatoms. The van der Waals surface area contributed by atoms with Gasteiger partial charge >= 0.3 is 0 Å². The molecule has 1 aliphatic heterocycles. The maximum atomic E-state index is 11.9. The van der Waals surface area contributed by atoms with Crippen molar-refractivity contribution < 1.29 is 19.2 Å². The predicted octanol–water partition coefficient (Wildman–Crippen LogP) is 3.85. The lowest BCUT2D eigenvalue weighted by atomic mass is 10.1. The molecule has 0 atom stereocenters. The molecule has 0 saturated carbocycles. The van der Waals surface area contributed by atoms with Gasteiger partial charge in [0.25, 0.3) is 11.6 Å². The average Bonchev–Trinajstić information content (AvgIpc) is 2.98. The first-order valence-electron chi connectivity index (χ1n) is 8.28. The predicted molar refractivity (Wildman–Crippen MR) is 112 cm³/mol. The Morgan fingerprint density at radius 3 is 2.54 bits per heavy atom. The fourth-order valence-electron chi connectivity index (χ4n) is 2.40. The summed E-state index contributed by atoms with van der Waals surface area (Å²) in [6.07, 6.45) is 1.53. The number of nitro benzene ring substituents is 1. The van der Waals surface area contributed by atoms with Gasteiger partial charge in [0.15, 0.2) is 0 Å². The number of rotatable bonds is 7. The number of nitro groups is 1. The van der Waals surface area contributed by atoms with Crippen LogP contribution in [0.15, 0.2) is 47.4 Å². The van der Waals surface area contributed by atoms with E-state index in [9.17, 15) is 14.9 Å². The average molecular weight is 416 g/mol. The first kappa shape index (κ1) is 19.8. The van der Waals surface area contributed by atoms with Gasteiger partial charge in [-0.1, -0.05) is 41.7 Å². The third-order valence-electron chi connectivity index (χ3n) is 3.76. The minimum Gasteiger partial charge on any atom is -0.490 e. The quantitative estimate of drug-likeness (QED) is 0.241. The number of hydrogen-bond acceptors (Lipinski definition) is 7. The molecule has 3 rings (SSSR count). The summed E-state index contributed by atoms with van der Waals surface area (Å²) < 4.78 is 11.7. The van der Waals surface area contributed by atoms with Gasteiger partial charge < -0.3 is 14.8 Å². The number of aryl methyl sites for hydroxylation is 1. The van der Waals surface area contributed by atoms with Gasteiger partial charge in [0.05, 0.1) is 9.83 Å². The van der Waals surface area contributed by atoms with Gasteiger partial charge in [-0.2, -0.15) is 0 Å². The largest absolute Gasteiger partial charge is 0.490 e. The molecule has 28 heavy (non-hydrogen) atoms. The molecule has 2 aromatic rings. The zero-order valence-corrected chi connectivity index (χ0v) is 16.5. The van der Waals surface area contributed by atoms with Crippen LogP contribution in [0.25, 0.3) is 6.08 Å². The Morgan fingerprint density at radius 2 is 1.89 bits per heavy atom. The summed E-state index contributed by atoms with van der Waals surface area (Å²) in [7, 11) is 0. The molecule has 0 unspecified atom stereocenters. The van der Waals surface area contributed by atoms with E-state index in [4.69, 9.17) is 21.7 Å². The van der Waals surface area contributed by atoms with Crippen molar-refractivity contribution in [2.45, 2.75) is 6.92 Å². The number of ether oxygens (including phenoxy) is 2. The zero-order valence-electron chi connectivity index (χ0n) is 14.8. The van der Waals surface area contributed by atoms with Crippen molar-refractivity contribution in [2.24, 2.45) is 0 Å². The second kappa shape index (κ2) is 8.85. The molecule has 0 bridgehead atoms. The Balaban J connectivity index is 1.71. The van der Waals surface area contributed by atoms with Crippen LogP contribution in [-0.2, 0) is 4.79 Å². The van der Waals surface area contributed by atoms with Crippen molar-refractivity contribution in [3.05, 3.63) is 68.6 Å². The smallest absolute Gasteiger partial charge is 0.270 e. The summed E-state index contributed by atoms with van der Waals surface area (Å²) >= 11 is 6.06. The lowest BCUT2D eigenvalue weighted by Crippen LogP contribution is -2.17. The van der Waals surface area contributed by atoms with Crippen LogP contribution in [0, 0.1) is 17.0 Å². The second-order valence-electron chi connectivity index (χ2n) is 5.84. The van der Waals surface area contributed by atoms with E-state index >= 15 is 0 Å². The first-order chi connectivity index (χ1) is 13.4. The molecule has 0 spiro atoms. The van der Waals surface area contributed by atoms with Gasteiger partial charge in [0, 0.05) is 17.7 Å². The molecule has 1 fully saturated rings. The molecule has 1 amide bonds. The number of nitrogens with one attached hydrogen (secondary N) is 1. The van der Waals surface area contributed by atoms with Gasteiger partial charge in [-0.25, -0.2) is 0 Å². The number of benzene rings is 2. The van der Waals surface area contributed by atoms with Crippen molar-refractivity contribution in [3.8, 4) is 11.5 Å². The third-order valence-corrected chi connectivity index (χ3v) is 4.93. The number of amides is 1. The third kappa shape index (κ3) is 5.08. The Morgan fingerprint density at radius 1 is 1.18 bits per heavy atom. The number of non-ortho nitro benzene ring substituents is 1. The van der Waals surface area contributed by atoms with Crippen LogP contribution < -0.4 is 14.8 Å². The van der Waals surface area contributed by atoms with Gasteiger partial charge in [-0.05, 0) is 31.2 Å². The highest BCUT2D eigenvalue weighted by Crippen LogP contribution is 2.31. The molecule has 0 radical (unpaired) electrons. The molecular formula is C19H16N2O5S2. The minimum absolute atomic E-state index is 0.0962. The number of hydrogen-bond donors (Lipinski definition) is 1. The Bertz CT molecular complexity index is 957. The topological polar surface area (TPSA) is 90.7 Å². The van der Waals surface area contributed by atoms with Crippen LogP contribution in [0.3, 0.4) is 0 Å². The molecular weight excluding hydrogens is 400 g/mol. The molecule has 1 aliphatic rings. The summed E-state index contributed by atoms with van der Waals surface area (Å²) in [6.45, 7) is 2.53. The molecule has 0 aromatic heterocycles. The van der Waals surface area contributed by atoms with Crippen molar-refractivity contribution in [1.29, 1.82) is 0 Å². The van der Waals surface area contributed by atoms with E-state index in [1.807, 2.05) is 31.2 Å². The van der Waals surface area contributed by atoms with E-state index in [1.165, 1.54) is 24.3 Å². The second-order valence-corrected chi connectivity index (χ2v) is 7.56. The first-order valence-corrected chi connectivity index (χ1v) is 9.50. The van der Waals surface area contributed by atoms with Crippen LogP contribution in [0.1, 0.15) is 11.1 Å².